The number of hydrogen-bond acceptors (Lipinski definition) is 4. The molecule has 2 aromatic rings. The summed E-state index contributed by atoms with van der Waals surface area (Å²) >= 11 is 0. The minimum atomic E-state index is -0.587. The second-order valence-corrected chi connectivity index (χ2v) is 6.86. The molecule has 0 atom stereocenters. The first-order valence-electron chi connectivity index (χ1n) is 10.3. The molecular formula is C24H31NO3. The van der Waals surface area contributed by atoms with Crippen LogP contribution in [0.4, 0.5) is 0 Å². The quantitative estimate of drug-likeness (QED) is 0.133. The van der Waals surface area contributed by atoms with Crippen LogP contribution in [0.1, 0.15) is 62.7 Å². The average Bonchev–Trinajstić information content (AvgIpc) is 2.72. The summed E-state index contributed by atoms with van der Waals surface area (Å²) in [5.41, 5.74) is 0.558. The Balaban J connectivity index is 2.09. The van der Waals surface area contributed by atoms with E-state index in [2.05, 4.69) is 12.2 Å². The number of benzene rings is 2. The SMILES string of the molecule is CCCCCCCCN/C=C(/C(=O)OCC)C(=O)c1cccc2ccccc12. The lowest BCUT2D eigenvalue weighted by Crippen LogP contribution is -2.20. The smallest absolute Gasteiger partial charge is 0.343 e. The molecule has 0 aliphatic heterocycles. The standard InChI is InChI=1S/C24H31NO3/c1-3-5-6-7-8-11-17-25-18-22(24(27)28-4-2)23(26)21-16-12-14-19-13-9-10-15-20(19)21/h9-10,12-16,18,25H,3-8,11,17H2,1-2H3/b22-18+. The van der Waals surface area contributed by atoms with Crippen molar-refractivity contribution in [2.24, 2.45) is 0 Å². The molecule has 0 saturated heterocycles. The highest BCUT2D eigenvalue weighted by Gasteiger charge is 2.22. The average molecular weight is 382 g/mol. The van der Waals surface area contributed by atoms with Gasteiger partial charge in [-0.05, 0) is 24.1 Å². The zero-order chi connectivity index (χ0) is 20.2. The van der Waals surface area contributed by atoms with E-state index in [0.29, 0.717) is 5.56 Å². The highest BCUT2D eigenvalue weighted by molar-refractivity contribution is 6.27. The van der Waals surface area contributed by atoms with E-state index >= 15 is 0 Å². The molecule has 0 aromatic heterocycles. The van der Waals surface area contributed by atoms with Crippen molar-refractivity contribution in [3.63, 3.8) is 0 Å². The van der Waals surface area contributed by atoms with Gasteiger partial charge in [-0.3, -0.25) is 4.79 Å². The second-order valence-electron chi connectivity index (χ2n) is 6.86. The number of unbranched alkanes of at least 4 members (excludes halogenated alkanes) is 5. The summed E-state index contributed by atoms with van der Waals surface area (Å²) in [5, 5.41) is 4.93. The van der Waals surface area contributed by atoms with Crippen molar-refractivity contribution >= 4 is 22.5 Å². The van der Waals surface area contributed by atoms with Gasteiger partial charge >= 0.3 is 5.97 Å². The zero-order valence-corrected chi connectivity index (χ0v) is 17.0. The molecule has 4 heteroatoms. The number of rotatable bonds is 12. The second kappa shape index (κ2) is 12.0. The third-order valence-corrected chi connectivity index (χ3v) is 4.70. The molecular weight excluding hydrogens is 350 g/mol. The van der Waals surface area contributed by atoms with Gasteiger partial charge in [-0.25, -0.2) is 4.79 Å². The molecule has 0 saturated carbocycles. The van der Waals surface area contributed by atoms with Crippen molar-refractivity contribution in [3.05, 3.63) is 59.8 Å². The molecule has 4 nitrogen and oxygen atoms in total. The summed E-state index contributed by atoms with van der Waals surface area (Å²) in [6.07, 6.45) is 8.68. The van der Waals surface area contributed by atoms with Gasteiger partial charge in [0.15, 0.2) is 0 Å². The number of fused-ring (bicyclic) bond motifs is 1. The van der Waals surface area contributed by atoms with E-state index in [9.17, 15) is 9.59 Å². The van der Waals surface area contributed by atoms with Crippen molar-refractivity contribution < 1.29 is 14.3 Å². The topological polar surface area (TPSA) is 55.4 Å². The van der Waals surface area contributed by atoms with Crippen LogP contribution in [0.3, 0.4) is 0 Å². The maximum absolute atomic E-state index is 13.1. The first-order valence-corrected chi connectivity index (χ1v) is 10.3. The Morgan fingerprint density at radius 3 is 2.43 bits per heavy atom. The van der Waals surface area contributed by atoms with E-state index in [-0.39, 0.29) is 18.0 Å². The fourth-order valence-corrected chi connectivity index (χ4v) is 3.18. The molecule has 0 heterocycles. The van der Waals surface area contributed by atoms with Gasteiger partial charge in [-0.15, -0.1) is 0 Å². The highest BCUT2D eigenvalue weighted by atomic mass is 16.5. The van der Waals surface area contributed by atoms with Crippen molar-refractivity contribution in [1.29, 1.82) is 0 Å². The van der Waals surface area contributed by atoms with Crippen LogP contribution in [-0.4, -0.2) is 24.9 Å². The van der Waals surface area contributed by atoms with E-state index in [1.54, 1.807) is 13.0 Å². The molecule has 0 aliphatic carbocycles. The lowest BCUT2D eigenvalue weighted by atomic mass is 9.97. The Morgan fingerprint density at radius 2 is 1.64 bits per heavy atom. The molecule has 0 amide bonds. The van der Waals surface area contributed by atoms with Gasteiger partial charge in [-0.1, -0.05) is 81.5 Å². The van der Waals surface area contributed by atoms with Crippen LogP contribution in [0.5, 0.6) is 0 Å². The lowest BCUT2D eigenvalue weighted by Gasteiger charge is -2.10. The van der Waals surface area contributed by atoms with E-state index in [1.807, 2.05) is 36.4 Å². The molecule has 28 heavy (non-hydrogen) atoms. The van der Waals surface area contributed by atoms with Crippen molar-refractivity contribution in [2.75, 3.05) is 13.2 Å². The number of nitrogens with one attached hydrogen (secondary N) is 1. The Labute approximate surface area is 168 Å². The molecule has 0 radical (unpaired) electrons. The summed E-state index contributed by atoms with van der Waals surface area (Å²) in [6.45, 7) is 4.91. The van der Waals surface area contributed by atoms with Crippen LogP contribution in [0.2, 0.25) is 0 Å². The minimum absolute atomic E-state index is 0.0455. The van der Waals surface area contributed by atoms with Gasteiger partial charge in [0.1, 0.15) is 5.57 Å². The first kappa shape index (κ1) is 21.7. The Hall–Kier alpha value is -2.62. The van der Waals surface area contributed by atoms with Crippen LogP contribution in [0.15, 0.2) is 54.2 Å². The fraction of sp³-hybridized carbons (Fsp3) is 0.417. The summed E-state index contributed by atoms with van der Waals surface area (Å²) in [6, 6.07) is 13.2. The monoisotopic (exact) mass is 381 g/mol. The summed E-state index contributed by atoms with van der Waals surface area (Å²) < 4.78 is 5.11. The molecule has 0 bridgehead atoms. The molecule has 2 aromatic carbocycles. The number of hydrogen-bond donors (Lipinski definition) is 1. The zero-order valence-electron chi connectivity index (χ0n) is 17.0. The van der Waals surface area contributed by atoms with Gasteiger partial charge in [0, 0.05) is 18.3 Å². The molecule has 1 N–H and O–H groups in total. The Morgan fingerprint density at radius 1 is 0.929 bits per heavy atom. The van der Waals surface area contributed by atoms with Gasteiger partial charge < -0.3 is 10.1 Å². The Kier molecular flexibility index (Phi) is 9.26. The van der Waals surface area contributed by atoms with Crippen LogP contribution >= 0.6 is 0 Å². The predicted octanol–water partition coefficient (Wildman–Crippen LogP) is 5.42. The maximum atomic E-state index is 13.1. The van der Waals surface area contributed by atoms with Crippen LogP contribution in [0.25, 0.3) is 10.8 Å². The number of carbonyl (C=O) groups excluding carboxylic acids is 2. The molecule has 0 unspecified atom stereocenters. The lowest BCUT2D eigenvalue weighted by molar-refractivity contribution is -0.138. The minimum Gasteiger partial charge on any atom is -0.462 e. The summed E-state index contributed by atoms with van der Waals surface area (Å²) in [5.74, 6) is -0.901. The number of Topliss-reactive ketones (excluding diaryl/α,β-unsaturated/α-hetero) is 1. The van der Waals surface area contributed by atoms with Gasteiger partial charge in [0.2, 0.25) is 5.78 Å². The molecule has 2 rings (SSSR count). The van der Waals surface area contributed by atoms with Crippen LogP contribution in [0, 0.1) is 0 Å². The van der Waals surface area contributed by atoms with Crippen molar-refractivity contribution in [2.45, 2.75) is 52.4 Å². The van der Waals surface area contributed by atoms with E-state index < -0.39 is 5.97 Å². The van der Waals surface area contributed by atoms with Crippen LogP contribution < -0.4 is 5.32 Å². The third kappa shape index (κ3) is 6.22. The predicted molar refractivity (Wildman–Crippen MR) is 114 cm³/mol. The first-order chi connectivity index (χ1) is 13.7. The van der Waals surface area contributed by atoms with Crippen molar-refractivity contribution in [3.8, 4) is 0 Å². The Bertz CT molecular complexity index is 805. The normalized spacial score (nSPS) is 11.4. The molecule has 150 valence electrons. The number of esters is 1. The molecule has 0 spiro atoms. The molecule has 0 fully saturated rings. The number of ether oxygens (including phenoxy) is 1. The van der Waals surface area contributed by atoms with Gasteiger partial charge in [0.25, 0.3) is 0 Å². The largest absolute Gasteiger partial charge is 0.462 e. The molecule has 0 aliphatic rings. The summed E-state index contributed by atoms with van der Waals surface area (Å²) in [7, 11) is 0. The summed E-state index contributed by atoms with van der Waals surface area (Å²) in [4.78, 5) is 25.5. The third-order valence-electron chi connectivity index (χ3n) is 4.70. The fourth-order valence-electron chi connectivity index (χ4n) is 3.18. The highest BCUT2D eigenvalue weighted by Crippen LogP contribution is 2.21. The van der Waals surface area contributed by atoms with E-state index in [0.717, 1.165) is 30.2 Å². The maximum Gasteiger partial charge on any atom is 0.343 e. The number of ketones is 1. The van der Waals surface area contributed by atoms with Crippen LogP contribution in [-0.2, 0) is 9.53 Å². The van der Waals surface area contributed by atoms with E-state index in [1.165, 1.54) is 31.9 Å². The van der Waals surface area contributed by atoms with Gasteiger partial charge in [0.05, 0.1) is 6.61 Å². The van der Waals surface area contributed by atoms with Crippen molar-refractivity contribution in [1.82, 2.24) is 5.32 Å². The number of carbonyl (C=O) groups is 2. The van der Waals surface area contributed by atoms with Gasteiger partial charge in [-0.2, -0.15) is 0 Å². The van der Waals surface area contributed by atoms with E-state index in [4.69, 9.17) is 4.74 Å².